The first-order chi connectivity index (χ1) is 26.0. The van der Waals surface area contributed by atoms with Crippen molar-refractivity contribution in [2.75, 3.05) is 48.7 Å². The molecule has 19 heteroatoms. The Hall–Kier alpha value is -5.95. The van der Waals surface area contributed by atoms with Gasteiger partial charge < -0.3 is 19.9 Å². The van der Waals surface area contributed by atoms with Crippen LogP contribution in [-0.2, 0) is 28.7 Å². The number of anilines is 5. The molecule has 288 valence electrons. The lowest BCUT2D eigenvalue weighted by atomic mass is 10.1. The van der Waals surface area contributed by atoms with Crippen LogP contribution in [0.25, 0.3) is 22.1 Å². The van der Waals surface area contributed by atoms with E-state index in [-0.39, 0.29) is 40.0 Å². The van der Waals surface area contributed by atoms with Crippen LogP contribution in [0.15, 0.2) is 75.7 Å². The normalized spacial score (nSPS) is 13.4. The Balaban J connectivity index is 0.000000188. The number of pyridine rings is 2. The Kier molecular flexibility index (Phi) is 10.9. The average molecular weight is 782 g/mol. The minimum Gasteiger partial charge on any atom is -0.381 e. The van der Waals surface area contributed by atoms with Crippen molar-refractivity contribution >= 4 is 60.6 Å². The maximum absolute atomic E-state index is 14.2. The van der Waals surface area contributed by atoms with Gasteiger partial charge in [0.05, 0.1) is 11.4 Å². The van der Waals surface area contributed by atoms with Gasteiger partial charge in [-0.25, -0.2) is 35.9 Å². The monoisotopic (exact) mass is 781 g/mol. The van der Waals surface area contributed by atoms with Crippen LogP contribution in [0.5, 0.6) is 0 Å². The molecule has 0 spiro atoms. The quantitative estimate of drug-likeness (QED) is 0.176. The summed E-state index contributed by atoms with van der Waals surface area (Å²) in [6, 6.07) is 9.52. The maximum atomic E-state index is 14.2. The fourth-order valence-electron chi connectivity index (χ4n) is 5.96. The van der Waals surface area contributed by atoms with Gasteiger partial charge in [-0.05, 0) is 49.2 Å². The van der Waals surface area contributed by atoms with E-state index in [1.54, 1.807) is 26.4 Å². The minimum absolute atomic E-state index is 0.0107. The van der Waals surface area contributed by atoms with E-state index in [1.807, 2.05) is 0 Å². The van der Waals surface area contributed by atoms with E-state index in [4.69, 9.17) is 4.74 Å². The second kappa shape index (κ2) is 15.4. The smallest absolute Gasteiger partial charge is 0.275 e. The molecule has 14 nitrogen and oxygen atoms in total. The third-order valence-corrected chi connectivity index (χ3v) is 9.85. The summed E-state index contributed by atoms with van der Waals surface area (Å²) >= 11 is 0. The molecule has 0 unspecified atom stereocenters. The van der Waals surface area contributed by atoms with E-state index in [0.29, 0.717) is 35.6 Å². The summed E-state index contributed by atoms with van der Waals surface area (Å²) in [6.45, 7) is 1.39. The fourth-order valence-corrected chi connectivity index (χ4v) is 6.46. The van der Waals surface area contributed by atoms with E-state index in [2.05, 4.69) is 25.3 Å². The second-order valence-electron chi connectivity index (χ2n) is 12.8. The molecule has 55 heavy (non-hydrogen) atoms. The van der Waals surface area contributed by atoms with Crippen molar-refractivity contribution in [1.82, 2.24) is 29.1 Å². The highest BCUT2D eigenvalue weighted by Gasteiger charge is 2.21. The summed E-state index contributed by atoms with van der Waals surface area (Å²) in [5.41, 5.74) is 0.165. The molecule has 2 aromatic carbocycles. The van der Waals surface area contributed by atoms with E-state index in [0.717, 1.165) is 47.9 Å². The van der Waals surface area contributed by atoms with Crippen molar-refractivity contribution in [3.8, 4) is 0 Å². The van der Waals surface area contributed by atoms with Crippen LogP contribution in [0.4, 0.5) is 46.3 Å². The lowest BCUT2D eigenvalue weighted by molar-refractivity contribution is 0.0903. The largest absolute Gasteiger partial charge is 0.381 e. The average Bonchev–Trinajstić information content (AvgIpc) is 3.14. The highest BCUT2D eigenvalue weighted by Crippen LogP contribution is 2.28. The first-order valence-corrected chi connectivity index (χ1v) is 18.6. The molecule has 0 saturated carbocycles. The van der Waals surface area contributed by atoms with Crippen molar-refractivity contribution < 1.29 is 30.7 Å². The second-order valence-corrected chi connectivity index (χ2v) is 14.7. The molecule has 1 aliphatic rings. The number of halogens is 4. The first-order valence-electron chi connectivity index (χ1n) is 16.7. The number of hydrogen-bond acceptors (Lipinski definition) is 12. The van der Waals surface area contributed by atoms with E-state index in [1.165, 1.54) is 52.9 Å². The Bertz CT molecular complexity index is 2670. The van der Waals surface area contributed by atoms with Crippen molar-refractivity contribution in [3.05, 3.63) is 105 Å². The van der Waals surface area contributed by atoms with E-state index >= 15 is 0 Å². The minimum atomic E-state index is -3.64. The van der Waals surface area contributed by atoms with Gasteiger partial charge in [0.2, 0.25) is 20.9 Å². The molecule has 0 bridgehead atoms. The summed E-state index contributed by atoms with van der Waals surface area (Å²) in [4.78, 5) is 44.8. The highest BCUT2D eigenvalue weighted by atomic mass is 32.2. The van der Waals surface area contributed by atoms with E-state index in [9.17, 15) is 35.6 Å². The molecule has 1 N–H and O–H groups in total. The lowest BCUT2D eigenvalue weighted by Gasteiger charge is -2.23. The van der Waals surface area contributed by atoms with Gasteiger partial charge in [-0.15, -0.1) is 0 Å². The number of aryl methyl sites for hydroxylation is 2. The lowest BCUT2D eigenvalue weighted by Crippen LogP contribution is -2.29. The van der Waals surface area contributed by atoms with Gasteiger partial charge in [0, 0.05) is 89.0 Å². The van der Waals surface area contributed by atoms with Gasteiger partial charge in [0.1, 0.15) is 45.9 Å². The molecule has 7 rings (SSSR count). The Morgan fingerprint density at radius 2 is 1.20 bits per heavy atom. The number of hydrogen-bond donors (Lipinski definition) is 1. The van der Waals surface area contributed by atoms with Crippen molar-refractivity contribution in [1.29, 1.82) is 0 Å². The molecule has 0 aliphatic carbocycles. The molecular formula is C36H35F4N9O5S. The molecular weight excluding hydrogens is 747 g/mol. The van der Waals surface area contributed by atoms with Crippen molar-refractivity contribution in [2.24, 2.45) is 14.1 Å². The molecule has 4 aromatic heterocycles. The number of fused-ring (bicyclic) bond motifs is 2. The summed E-state index contributed by atoms with van der Waals surface area (Å²) < 4.78 is 85.7. The summed E-state index contributed by atoms with van der Waals surface area (Å²) in [7, 11) is 2.41. The number of sulfone groups is 1. The third-order valence-electron chi connectivity index (χ3n) is 8.99. The third kappa shape index (κ3) is 8.12. The van der Waals surface area contributed by atoms with Crippen LogP contribution in [0, 0.1) is 23.3 Å². The topological polar surface area (TPSA) is 157 Å². The zero-order valence-electron chi connectivity index (χ0n) is 30.2. The number of ether oxygens (including phenoxy) is 1. The van der Waals surface area contributed by atoms with E-state index < -0.39 is 43.8 Å². The van der Waals surface area contributed by atoms with Crippen LogP contribution in [0.3, 0.4) is 0 Å². The number of benzene rings is 2. The van der Waals surface area contributed by atoms with Gasteiger partial charge in [0.25, 0.3) is 11.1 Å². The summed E-state index contributed by atoms with van der Waals surface area (Å²) in [5, 5.41) is 3.91. The Labute approximate surface area is 311 Å². The van der Waals surface area contributed by atoms with Gasteiger partial charge in [0.15, 0.2) is 0 Å². The molecule has 0 radical (unpaired) electrons. The fraction of sp³-hybridized carbons (Fsp3) is 0.278. The number of aromatic nitrogens is 6. The molecule has 1 saturated heterocycles. The van der Waals surface area contributed by atoms with Gasteiger partial charge >= 0.3 is 0 Å². The number of nitrogens with one attached hydrogen (secondary N) is 1. The SMILES string of the molecule is CN(c1ccc(F)cc1F)c1cc2cnc(NC3CCOCC3)nc2n(C)c1=O.CN(c1ccc(F)cc1F)c1cc2cnc(S(C)(=O)=O)nc2n(C)c1=O. The zero-order chi connectivity index (χ0) is 39.8. The molecule has 1 aliphatic heterocycles. The van der Waals surface area contributed by atoms with Gasteiger partial charge in [-0.1, -0.05) is 0 Å². The molecule has 1 fully saturated rings. The molecule has 6 aromatic rings. The Morgan fingerprint density at radius 3 is 1.67 bits per heavy atom. The van der Waals surface area contributed by atoms with Crippen LogP contribution in [0.1, 0.15) is 12.8 Å². The predicted molar refractivity (Wildman–Crippen MR) is 199 cm³/mol. The summed E-state index contributed by atoms with van der Waals surface area (Å²) in [5.74, 6) is -2.53. The summed E-state index contributed by atoms with van der Waals surface area (Å²) in [6.07, 6.45) is 5.60. The predicted octanol–water partition coefficient (Wildman–Crippen LogP) is 4.74. The standard InChI is InChI=1S/C20H21F2N5O2.C16H14F2N4O3S/c1-26(16-4-3-13(21)10-15(16)22)17-9-12-11-23-20(24-14-5-7-29-8-6-14)25-18(12)27(2)19(17)28;1-21(12-5-4-10(17)7-11(12)18)13-6-9-8-19-16(26(3,24)25)20-14(9)22(2)15(13)23/h3-4,9-11,14H,5-8H2,1-2H3,(H,23,24,25);4-8H,1-3H3. The Morgan fingerprint density at radius 1 is 0.727 bits per heavy atom. The zero-order valence-corrected chi connectivity index (χ0v) is 31.0. The highest BCUT2D eigenvalue weighted by molar-refractivity contribution is 7.90. The molecule has 0 atom stereocenters. The van der Waals surface area contributed by atoms with Crippen molar-refractivity contribution in [2.45, 2.75) is 24.0 Å². The van der Waals surface area contributed by atoms with Crippen LogP contribution >= 0.6 is 0 Å². The van der Waals surface area contributed by atoms with Crippen molar-refractivity contribution in [3.63, 3.8) is 0 Å². The maximum Gasteiger partial charge on any atom is 0.275 e. The molecule has 5 heterocycles. The van der Waals surface area contributed by atoms with Crippen LogP contribution < -0.4 is 26.2 Å². The molecule has 0 amide bonds. The number of nitrogens with zero attached hydrogens (tertiary/aromatic N) is 8. The van der Waals surface area contributed by atoms with Crippen LogP contribution in [0.2, 0.25) is 0 Å². The van der Waals surface area contributed by atoms with Gasteiger partial charge in [-0.3, -0.25) is 18.7 Å². The first kappa shape index (κ1) is 38.8. The van der Waals surface area contributed by atoms with Gasteiger partial charge in [-0.2, -0.15) is 9.97 Å². The van der Waals surface area contributed by atoms with Crippen LogP contribution in [-0.4, -0.2) is 77.1 Å². The number of rotatable bonds is 7.